The minimum atomic E-state index is -4.70. The third-order valence-electron chi connectivity index (χ3n) is 2.98. The fourth-order valence-corrected chi connectivity index (χ4v) is 1.80. The number of halogens is 3. The number of oxime groups is 1. The third-order valence-corrected chi connectivity index (χ3v) is 2.98. The van der Waals surface area contributed by atoms with Crippen LogP contribution in [0.1, 0.15) is 36.5 Å². The number of benzene rings is 1. The molecule has 2 rings (SSSR count). The molecule has 140 valence electrons. The SMILES string of the molecule is CC(C)O/N=C\CCNC(=O)c1ccc(-c2noc(C(F)(F)F)n2)cc1. The molecule has 26 heavy (non-hydrogen) atoms. The van der Waals surface area contributed by atoms with E-state index in [1.807, 2.05) is 13.8 Å². The Kier molecular flexibility index (Phi) is 6.31. The first-order valence-corrected chi connectivity index (χ1v) is 7.74. The van der Waals surface area contributed by atoms with Crippen LogP contribution in [0.25, 0.3) is 11.4 Å². The lowest BCUT2D eigenvalue weighted by molar-refractivity contribution is -0.159. The second-order valence-electron chi connectivity index (χ2n) is 5.48. The van der Waals surface area contributed by atoms with E-state index in [2.05, 4.69) is 25.1 Å². The fraction of sp³-hybridized carbons (Fsp3) is 0.375. The van der Waals surface area contributed by atoms with Crippen LogP contribution in [-0.4, -0.2) is 34.9 Å². The number of amides is 1. The van der Waals surface area contributed by atoms with Gasteiger partial charge in [-0.05, 0) is 26.0 Å². The molecule has 1 amide bonds. The summed E-state index contributed by atoms with van der Waals surface area (Å²) in [5, 5.41) is 9.70. The van der Waals surface area contributed by atoms with Crippen molar-refractivity contribution in [3.05, 3.63) is 35.7 Å². The summed E-state index contributed by atoms with van der Waals surface area (Å²) in [6.07, 6.45) is -2.66. The Labute approximate surface area is 147 Å². The number of carbonyl (C=O) groups excluding carboxylic acids is 1. The van der Waals surface area contributed by atoms with Gasteiger partial charge in [0, 0.05) is 30.3 Å². The second-order valence-corrected chi connectivity index (χ2v) is 5.48. The van der Waals surface area contributed by atoms with Crippen molar-refractivity contribution < 1.29 is 27.3 Å². The molecule has 1 N–H and O–H groups in total. The summed E-state index contributed by atoms with van der Waals surface area (Å²) in [4.78, 5) is 20.2. The maximum Gasteiger partial charge on any atom is 0.471 e. The monoisotopic (exact) mass is 370 g/mol. The number of carbonyl (C=O) groups is 1. The Hall–Kier alpha value is -2.91. The van der Waals surface area contributed by atoms with Crippen molar-refractivity contribution in [1.82, 2.24) is 15.5 Å². The lowest BCUT2D eigenvalue weighted by Gasteiger charge is -2.04. The summed E-state index contributed by atoms with van der Waals surface area (Å²) in [6.45, 7) is 4.06. The molecule has 0 aliphatic heterocycles. The van der Waals surface area contributed by atoms with Gasteiger partial charge in [-0.3, -0.25) is 4.79 Å². The second kappa shape index (κ2) is 8.45. The molecule has 0 unspecified atom stereocenters. The van der Waals surface area contributed by atoms with Gasteiger partial charge < -0.3 is 14.7 Å². The van der Waals surface area contributed by atoms with Crippen LogP contribution in [0.5, 0.6) is 0 Å². The van der Waals surface area contributed by atoms with Crippen molar-refractivity contribution in [3.63, 3.8) is 0 Å². The van der Waals surface area contributed by atoms with Gasteiger partial charge in [0.1, 0.15) is 6.10 Å². The number of alkyl halides is 3. The first-order chi connectivity index (χ1) is 12.3. The molecule has 1 aromatic heterocycles. The molecule has 2 aromatic rings. The molecular formula is C16H17F3N4O3. The predicted molar refractivity (Wildman–Crippen MR) is 86.4 cm³/mol. The maximum absolute atomic E-state index is 12.5. The van der Waals surface area contributed by atoms with E-state index in [0.717, 1.165) is 0 Å². The van der Waals surface area contributed by atoms with Gasteiger partial charge in [0.15, 0.2) is 0 Å². The van der Waals surface area contributed by atoms with Gasteiger partial charge in [-0.25, -0.2) is 0 Å². The molecular weight excluding hydrogens is 353 g/mol. The summed E-state index contributed by atoms with van der Waals surface area (Å²) in [5.41, 5.74) is 0.655. The van der Waals surface area contributed by atoms with Crippen LogP contribution in [0.2, 0.25) is 0 Å². The molecule has 0 aliphatic carbocycles. The van der Waals surface area contributed by atoms with E-state index in [9.17, 15) is 18.0 Å². The first kappa shape index (κ1) is 19.4. The number of hydrogen-bond donors (Lipinski definition) is 1. The largest absolute Gasteiger partial charge is 0.471 e. The van der Waals surface area contributed by atoms with Crippen molar-refractivity contribution in [2.45, 2.75) is 32.5 Å². The van der Waals surface area contributed by atoms with Crippen molar-refractivity contribution in [3.8, 4) is 11.4 Å². The van der Waals surface area contributed by atoms with E-state index in [0.29, 0.717) is 24.1 Å². The van der Waals surface area contributed by atoms with Crippen LogP contribution in [0.3, 0.4) is 0 Å². The number of nitrogens with one attached hydrogen (secondary N) is 1. The van der Waals surface area contributed by atoms with Crippen molar-refractivity contribution in [1.29, 1.82) is 0 Å². The van der Waals surface area contributed by atoms with Gasteiger partial charge in [-0.2, -0.15) is 18.2 Å². The zero-order valence-corrected chi connectivity index (χ0v) is 14.1. The Morgan fingerprint density at radius 1 is 1.35 bits per heavy atom. The molecule has 10 heteroatoms. The molecule has 0 saturated carbocycles. The number of aromatic nitrogens is 2. The van der Waals surface area contributed by atoms with Crippen LogP contribution in [0.4, 0.5) is 13.2 Å². The van der Waals surface area contributed by atoms with E-state index in [4.69, 9.17) is 4.84 Å². The normalized spacial score (nSPS) is 11.9. The number of rotatable bonds is 7. The van der Waals surface area contributed by atoms with Crippen LogP contribution in [0.15, 0.2) is 33.9 Å². The van der Waals surface area contributed by atoms with E-state index < -0.39 is 12.1 Å². The van der Waals surface area contributed by atoms with Gasteiger partial charge in [0.05, 0.1) is 0 Å². The summed E-state index contributed by atoms with van der Waals surface area (Å²) < 4.78 is 41.5. The van der Waals surface area contributed by atoms with Crippen LogP contribution in [-0.2, 0) is 11.0 Å². The Morgan fingerprint density at radius 2 is 2.04 bits per heavy atom. The van der Waals surface area contributed by atoms with Crippen molar-refractivity contribution >= 4 is 12.1 Å². The third kappa shape index (κ3) is 5.57. The molecule has 0 radical (unpaired) electrons. The van der Waals surface area contributed by atoms with E-state index in [1.54, 1.807) is 6.21 Å². The topological polar surface area (TPSA) is 89.6 Å². The predicted octanol–water partition coefficient (Wildman–Crippen LogP) is 3.29. The van der Waals surface area contributed by atoms with Crippen LogP contribution >= 0.6 is 0 Å². The standard InChI is InChI=1S/C16H17F3N4O3/c1-10(2)25-21-9-3-8-20-14(24)12-6-4-11(5-7-12)13-22-15(26-23-13)16(17,18)19/h4-7,9-10H,3,8H2,1-2H3,(H,20,24)/b21-9-. The van der Waals surface area contributed by atoms with Gasteiger partial charge >= 0.3 is 12.1 Å². The molecule has 0 fully saturated rings. The van der Waals surface area contributed by atoms with Gasteiger partial charge in [-0.1, -0.05) is 22.4 Å². The van der Waals surface area contributed by atoms with E-state index in [-0.39, 0.29) is 17.8 Å². The minimum Gasteiger partial charge on any atom is -0.393 e. The number of nitrogens with zero attached hydrogens (tertiary/aromatic N) is 3. The van der Waals surface area contributed by atoms with Gasteiger partial charge in [0.25, 0.3) is 5.91 Å². The zero-order chi connectivity index (χ0) is 19.2. The average Bonchev–Trinajstić information content (AvgIpc) is 3.08. The lowest BCUT2D eigenvalue weighted by Crippen LogP contribution is -2.24. The van der Waals surface area contributed by atoms with E-state index >= 15 is 0 Å². The number of hydrogen-bond acceptors (Lipinski definition) is 6. The van der Waals surface area contributed by atoms with Gasteiger partial charge in [0.2, 0.25) is 5.82 Å². The average molecular weight is 370 g/mol. The lowest BCUT2D eigenvalue weighted by atomic mass is 10.1. The molecule has 0 bridgehead atoms. The summed E-state index contributed by atoms with van der Waals surface area (Å²) in [7, 11) is 0. The highest BCUT2D eigenvalue weighted by atomic mass is 19.4. The summed E-state index contributed by atoms with van der Waals surface area (Å²) >= 11 is 0. The zero-order valence-electron chi connectivity index (χ0n) is 14.1. The fourth-order valence-electron chi connectivity index (χ4n) is 1.80. The molecule has 0 spiro atoms. The van der Waals surface area contributed by atoms with Gasteiger partial charge in [-0.15, -0.1) is 0 Å². The van der Waals surface area contributed by atoms with Crippen molar-refractivity contribution in [2.24, 2.45) is 5.16 Å². The van der Waals surface area contributed by atoms with Crippen LogP contribution in [0, 0.1) is 0 Å². The van der Waals surface area contributed by atoms with Crippen LogP contribution < -0.4 is 5.32 Å². The highest BCUT2D eigenvalue weighted by Gasteiger charge is 2.38. The Morgan fingerprint density at radius 3 is 2.62 bits per heavy atom. The Bertz CT molecular complexity index is 755. The first-order valence-electron chi connectivity index (χ1n) is 7.74. The molecule has 0 aliphatic rings. The summed E-state index contributed by atoms with van der Waals surface area (Å²) in [6, 6.07) is 5.81. The molecule has 1 heterocycles. The van der Waals surface area contributed by atoms with E-state index in [1.165, 1.54) is 24.3 Å². The minimum absolute atomic E-state index is 0.00854. The molecule has 1 aromatic carbocycles. The smallest absolute Gasteiger partial charge is 0.393 e. The van der Waals surface area contributed by atoms with Crippen molar-refractivity contribution in [2.75, 3.05) is 6.54 Å². The highest BCUT2D eigenvalue weighted by Crippen LogP contribution is 2.29. The quantitative estimate of drug-likeness (QED) is 0.459. The molecule has 0 saturated heterocycles. The molecule has 7 nitrogen and oxygen atoms in total. The molecule has 0 atom stereocenters. The summed E-state index contributed by atoms with van der Waals surface area (Å²) in [5.74, 6) is -1.94. The highest BCUT2D eigenvalue weighted by molar-refractivity contribution is 5.94. The Balaban J connectivity index is 1.89. The maximum atomic E-state index is 12.5.